The van der Waals surface area contributed by atoms with Crippen LogP contribution in [0.1, 0.15) is 18.9 Å². The molecule has 1 aromatic carbocycles. The summed E-state index contributed by atoms with van der Waals surface area (Å²) in [5.41, 5.74) is 1.08. The van der Waals surface area contributed by atoms with Gasteiger partial charge < -0.3 is 9.47 Å². The van der Waals surface area contributed by atoms with Crippen LogP contribution in [0.15, 0.2) is 17.7 Å². The summed E-state index contributed by atoms with van der Waals surface area (Å²) >= 11 is 6.14. The van der Waals surface area contributed by atoms with Crippen molar-refractivity contribution in [1.29, 1.82) is 0 Å². The number of methoxy groups -OCH3 is 1. The van der Waals surface area contributed by atoms with Crippen LogP contribution >= 0.6 is 11.6 Å². The van der Waals surface area contributed by atoms with Crippen LogP contribution in [0.25, 0.3) is 6.08 Å². The number of ether oxygens (including phenoxy) is 2. The fraction of sp³-hybridized carbons (Fsp3) is 0.286. The number of imide groups is 1. The molecule has 2 amide bonds. The van der Waals surface area contributed by atoms with Crippen molar-refractivity contribution in [3.8, 4) is 11.5 Å². The van der Waals surface area contributed by atoms with Crippen LogP contribution in [0.5, 0.6) is 11.5 Å². The normalized spacial score (nSPS) is 16.4. The molecule has 1 aliphatic rings. The third-order valence-corrected chi connectivity index (χ3v) is 3.06. The third-order valence-electron chi connectivity index (χ3n) is 2.78. The highest BCUT2D eigenvalue weighted by Crippen LogP contribution is 2.37. The predicted molar refractivity (Wildman–Crippen MR) is 74.9 cm³/mol. The zero-order chi connectivity index (χ0) is 14.7. The Morgan fingerprint density at radius 1 is 1.40 bits per heavy atom. The quantitative estimate of drug-likeness (QED) is 0.683. The molecule has 0 atom stereocenters. The standard InChI is InChI=1S/C14H14ClNO4/c1-3-20-13-10(15)5-8(6-11(13)19-2)4-9-7-12(17)16-14(9)18/h4-6H,3,7H2,1-2H3,(H,16,17,18). The summed E-state index contributed by atoms with van der Waals surface area (Å²) in [6.45, 7) is 2.31. The number of rotatable bonds is 4. The second-order valence-corrected chi connectivity index (χ2v) is 4.60. The van der Waals surface area contributed by atoms with Gasteiger partial charge in [0.25, 0.3) is 5.91 Å². The maximum absolute atomic E-state index is 11.5. The minimum Gasteiger partial charge on any atom is -0.493 e. The van der Waals surface area contributed by atoms with Crippen LogP contribution in [0, 0.1) is 0 Å². The molecule has 0 radical (unpaired) electrons. The number of amides is 2. The number of hydrogen-bond donors (Lipinski definition) is 1. The first-order chi connectivity index (χ1) is 9.55. The fourth-order valence-electron chi connectivity index (χ4n) is 1.93. The lowest BCUT2D eigenvalue weighted by atomic mass is 10.1. The smallest absolute Gasteiger partial charge is 0.254 e. The van der Waals surface area contributed by atoms with Crippen LogP contribution in [0.3, 0.4) is 0 Å². The molecule has 0 unspecified atom stereocenters. The maximum Gasteiger partial charge on any atom is 0.254 e. The highest BCUT2D eigenvalue weighted by atomic mass is 35.5. The fourth-order valence-corrected chi connectivity index (χ4v) is 2.20. The summed E-state index contributed by atoms with van der Waals surface area (Å²) in [7, 11) is 1.51. The van der Waals surface area contributed by atoms with Gasteiger partial charge in [0.05, 0.1) is 25.2 Å². The summed E-state index contributed by atoms with van der Waals surface area (Å²) in [5.74, 6) is 0.269. The Labute approximate surface area is 121 Å². The van der Waals surface area contributed by atoms with Gasteiger partial charge in [-0.05, 0) is 30.7 Å². The molecular formula is C14H14ClNO4. The number of carbonyl (C=O) groups is 2. The number of halogens is 1. The molecule has 2 rings (SSSR count). The lowest BCUT2D eigenvalue weighted by Gasteiger charge is -2.12. The Morgan fingerprint density at radius 2 is 2.15 bits per heavy atom. The second kappa shape index (κ2) is 5.96. The minimum atomic E-state index is -0.376. The van der Waals surface area contributed by atoms with E-state index in [1.165, 1.54) is 7.11 Å². The van der Waals surface area contributed by atoms with Gasteiger partial charge in [0.2, 0.25) is 5.91 Å². The van der Waals surface area contributed by atoms with Gasteiger partial charge in [0, 0.05) is 5.57 Å². The van der Waals surface area contributed by atoms with Crippen molar-refractivity contribution in [3.63, 3.8) is 0 Å². The molecule has 1 aromatic rings. The van der Waals surface area contributed by atoms with Gasteiger partial charge in [-0.25, -0.2) is 0 Å². The zero-order valence-electron chi connectivity index (χ0n) is 11.2. The largest absolute Gasteiger partial charge is 0.493 e. The van der Waals surface area contributed by atoms with Crippen LogP contribution in [0.2, 0.25) is 5.02 Å². The van der Waals surface area contributed by atoms with E-state index in [1.54, 1.807) is 18.2 Å². The molecule has 1 aliphatic heterocycles. The van der Waals surface area contributed by atoms with Crippen LogP contribution in [-0.4, -0.2) is 25.5 Å². The molecule has 20 heavy (non-hydrogen) atoms. The molecule has 1 heterocycles. The SMILES string of the molecule is CCOc1c(Cl)cc(C=C2CC(=O)NC2=O)cc1OC. The van der Waals surface area contributed by atoms with E-state index < -0.39 is 0 Å². The van der Waals surface area contributed by atoms with Gasteiger partial charge in [0.15, 0.2) is 11.5 Å². The van der Waals surface area contributed by atoms with Gasteiger partial charge in [-0.15, -0.1) is 0 Å². The van der Waals surface area contributed by atoms with Crippen LogP contribution in [-0.2, 0) is 9.59 Å². The molecule has 0 saturated carbocycles. The maximum atomic E-state index is 11.5. The second-order valence-electron chi connectivity index (χ2n) is 4.19. The van der Waals surface area contributed by atoms with Crippen molar-refractivity contribution in [2.75, 3.05) is 13.7 Å². The lowest BCUT2D eigenvalue weighted by Crippen LogP contribution is -2.19. The van der Waals surface area contributed by atoms with E-state index in [0.717, 1.165) is 0 Å². The number of benzene rings is 1. The Balaban J connectivity index is 2.39. The van der Waals surface area contributed by atoms with Crippen molar-refractivity contribution < 1.29 is 19.1 Å². The molecule has 0 spiro atoms. The lowest BCUT2D eigenvalue weighted by molar-refractivity contribution is -0.124. The molecule has 0 aliphatic carbocycles. The Morgan fingerprint density at radius 3 is 2.70 bits per heavy atom. The van der Waals surface area contributed by atoms with E-state index in [9.17, 15) is 9.59 Å². The van der Waals surface area contributed by atoms with E-state index in [1.807, 2.05) is 6.92 Å². The highest BCUT2D eigenvalue weighted by molar-refractivity contribution is 6.32. The van der Waals surface area contributed by atoms with Gasteiger partial charge in [-0.1, -0.05) is 11.6 Å². The van der Waals surface area contributed by atoms with Crippen molar-refractivity contribution in [2.45, 2.75) is 13.3 Å². The third kappa shape index (κ3) is 2.93. The first kappa shape index (κ1) is 14.4. The van der Waals surface area contributed by atoms with E-state index in [-0.39, 0.29) is 18.2 Å². The molecule has 5 nitrogen and oxygen atoms in total. The molecule has 106 valence electrons. The zero-order valence-corrected chi connectivity index (χ0v) is 11.9. The van der Waals surface area contributed by atoms with Gasteiger partial charge in [-0.3, -0.25) is 14.9 Å². The minimum absolute atomic E-state index is 0.0754. The van der Waals surface area contributed by atoms with Crippen molar-refractivity contribution in [2.24, 2.45) is 0 Å². The van der Waals surface area contributed by atoms with Crippen molar-refractivity contribution in [3.05, 3.63) is 28.3 Å². The molecule has 0 bridgehead atoms. The Kier molecular flexibility index (Phi) is 4.29. The summed E-state index contributed by atoms with van der Waals surface area (Å²) in [6.07, 6.45) is 1.69. The molecule has 6 heteroatoms. The van der Waals surface area contributed by atoms with E-state index in [2.05, 4.69) is 5.32 Å². The predicted octanol–water partition coefficient (Wildman–Crippen LogP) is 2.18. The Bertz CT molecular complexity index is 595. The summed E-state index contributed by atoms with van der Waals surface area (Å²) < 4.78 is 10.6. The summed E-state index contributed by atoms with van der Waals surface area (Å²) in [5, 5.41) is 2.62. The highest BCUT2D eigenvalue weighted by Gasteiger charge is 2.24. The molecule has 1 saturated heterocycles. The molecule has 0 aromatic heterocycles. The summed E-state index contributed by atoms with van der Waals surface area (Å²) in [6, 6.07) is 3.37. The van der Waals surface area contributed by atoms with E-state index in [4.69, 9.17) is 21.1 Å². The van der Waals surface area contributed by atoms with Gasteiger partial charge in [-0.2, -0.15) is 0 Å². The van der Waals surface area contributed by atoms with E-state index >= 15 is 0 Å². The number of nitrogens with one attached hydrogen (secondary N) is 1. The van der Waals surface area contributed by atoms with Gasteiger partial charge >= 0.3 is 0 Å². The molecule has 1 fully saturated rings. The molecule has 1 N–H and O–H groups in total. The van der Waals surface area contributed by atoms with Gasteiger partial charge in [0.1, 0.15) is 0 Å². The monoisotopic (exact) mass is 295 g/mol. The average Bonchev–Trinajstić information content (AvgIpc) is 2.70. The summed E-state index contributed by atoms with van der Waals surface area (Å²) in [4.78, 5) is 22.6. The molecular weight excluding hydrogens is 282 g/mol. The topological polar surface area (TPSA) is 64.6 Å². The number of hydrogen-bond acceptors (Lipinski definition) is 4. The van der Waals surface area contributed by atoms with E-state index in [0.29, 0.717) is 34.3 Å². The Hall–Kier alpha value is -2.01. The van der Waals surface area contributed by atoms with Crippen LogP contribution < -0.4 is 14.8 Å². The first-order valence-corrected chi connectivity index (χ1v) is 6.48. The first-order valence-electron chi connectivity index (χ1n) is 6.10. The van der Waals surface area contributed by atoms with Crippen LogP contribution in [0.4, 0.5) is 0 Å². The number of carbonyl (C=O) groups excluding carboxylic acids is 2. The average molecular weight is 296 g/mol. The van der Waals surface area contributed by atoms with Crippen molar-refractivity contribution >= 4 is 29.5 Å². The van der Waals surface area contributed by atoms with Crippen molar-refractivity contribution in [1.82, 2.24) is 5.32 Å².